The molecule has 4 aliphatic rings. The van der Waals surface area contributed by atoms with Gasteiger partial charge in [0.1, 0.15) is 6.04 Å². The van der Waals surface area contributed by atoms with Crippen LogP contribution >= 0.6 is 0 Å². The number of likely N-dealkylation sites (tertiary alicyclic amines) is 2. The van der Waals surface area contributed by atoms with Gasteiger partial charge in [-0.1, -0.05) is 57.4 Å². The highest BCUT2D eigenvalue weighted by Gasteiger charge is 2.55. The molecule has 9 nitrogen and oxygen atoms in total. The van der Waals surface area contributed by atoms with Crippen molar-refractivity contribution in [1.29, 1.82) is 0 Å². The highest BCUT2D eigenvalue weighted by atomic mass is 16.5. The zero-order valence-corrected chi connectivity index (χ0v) is 24.8. The SMILES string of the molecule is CC[C@@H](C)C(=O)N[C@H](C(=O)N1CC[C@@H]2[C@H]1[C@@H](C(=O)N[C@@H]1CCCc3ccccc31)CN2C(=O)OC)C1CCCCC1. The van der Waals surface area contributed by atoms with E-state index in [-0.39, 0.29) is 48.2 Å². The number of benzene rings is 1. The number of amides is 4. The van der Waals surface area contributed by atoms with Gasteiger partial charge in [-0.15, -0.1) is 0 Å². The molecule has 2 saturated heterocycles. The number of fused-ring (bicyclic) bond motifs is 2. The Morgan fingerprint density at radius 1 is 1.00 bits per heavy atom. The monoisotopic (exact) mass is 566 g/mol. The number of hydrogen-bond donors (Lipinski definition) is 2. The molecule has 2 aliphatic heterocycles. The number of rotatable bonds is 7. The Bertz CT molecular complexity index is 1130. The molecule has 3 fully saturated rings. The van der Waals surface area contributed by atoms with Gasteiger partial charge in [0.2, 0.25) is 17.7 Å². The van der Waals surface area contributed by atoms with E-state index in [1.54, 1.807) is 4.90 Å². The van der Waals surface area contributed by atoms with Crippen molar-refractivity contribution >= 4 is 23.8 Å². The van der Waals surface area contributed by atoms with E-state index in [2.05, 4.69) is 22.8 Å². The molecular formula is C32H46N4O5. The number of ether oxygens (including phenoxy) is 1. The quantitative estimate of drug-likeness (QED) is 0.520. The highest BCUT2D eigenvalue weighted by molar-refractivity contribution is 5.90. The van der Waals surface area contributed by atoms with Gasteiger partial charge < -0.3 is 25.2 Å². The summed E-state index contributed by atoms with van der Waals surface area (Å²) in [7, 11) is 1.35. The van der Waals surface area contributed by atoms with Crippen LogP contribution in [0.4, 0.5) is 4.79 Å². The van der Waals surface area contributed by atoms with Crippen molar-refractivity contribution in [3.05, 3.63) is 35.4 Å². The van der Waals surface area contributed by atoms with Gasteiger partial charge in [0.25, 0.3) is 0 Å². The minimum absolute atomic E-state index is 0.0763. The van der Waals surface area contributed by atoms with Crippen LogP contribution < -0.4 is 10.6 Å². The average Bonchev–Trinajstić information content (AvgIpc) is 3.60. The molecule has 1 aromatic carbocycles. The number of nitrogens with zero attached hydrogens (tertiary/aromatic N) is 2. The molecule has 0 unspecified atom stereocenters. The highest BCUT2D eigenvalue weighted by Crippen LogP contribution is 2.39. The van der Waals surface area contributed by atoms with Crippen LogP contribution in [0, 0.1) is 17.8 Å². The van der Waals surface area contributed by atoms with E-state index in [0.717, 1.165) is 56.9 Å². The number of aryl methyl sites for hydroxylation is 1. The van der Waals surface area contributed by atoms with E-state index in [1.807, 2.05) is 30.9 Å². The normalized spacial score (nSPS) is 27.4. The fraction of sp³-hybridized carbons (Fsp3) is 0.688. The van der Waals surface area contributed by atoms with Gasteiger partial charge in [-0.2, -0.15) is 0 Å². The number of carbonyl (C=O) groups is 4. The Kier molecular flexibility index (Phi) is 9.19. The van der Waals surface area contributed by atoms with Gasteiger partial charge in [-0.25, -0.2) is 4.79 Å². The van der Waals surface area contributed by atoms with Crippen LogP contribution in [0.25, 0.3) is 0 Å². The molecule has 0 radical (unpaired) electrons. The molecule has 0 aromatic heterocycles. The van der Waals surface area contributed by atoms with Crippen molar-refractivity contribution in [2.45, 2.75) is 102 Å². The molecule has 2 heterocycles. The Morgan fingerprint density at radius 2 is 1.76 bits per heavy atom. The first-order chi connectivity index (χ1) is 19.8. The summed E-state index contributed by atoms with van der Waals surface area (Å²) in [5, 5.41) is 6.41. The zero-order chi connectivity index (χ0) is 29.1. The maximum absolute atomic E-state index is 14.3. The Labute approximate surface area is 243 Å². The summed E-state index contributed by atoms with van der Waals surface area (Å²) in [5.74, 6) is -1.03. The van der Waals surface area contributed by atoms with Crippen molar-refractivity contribution < 1.29 is 23.9 Å². The maximum Gasteiger partial charge on any atom is 0.409 e. The van der Waals surface area contributed by atoms with Gasteiger partial charge in [0, 0.05) is 19.0 Å². The largest absolute Gasteiger partial charge is 0.453 e. The first kappa shape index (κ1) is 29.4. The molecule has 2 N–H and O–H groups in total. The summed E-state index contributed by atoms with van der Waals surface area (Å²) in [6.07, 6.45) is 8.71. The van der Waals surface area contributed by atoms with Gasteiger partial charge in [-0.3, -0.25) is 14.4 Å². The Balaban J connectivity index is 1.40. The molecule has 224 valence electrons. The molecule has 4 amide bonds. The molecule has 6 atom stereocenters. The first-order valence-electron chi connectivity index (χ1n) is 15.7. The zero-order valence-electron chi connectivity index (χ0n) is 24.8. The summed E-state index contributed by atoms with van der Waals surface area (Å²) >= 11 is 0. The molecule has 0 bridgehead atoms. The predicted molar refractivity (Wildman–Crippen MR) is 155 cm³/mol. The number of hydrogen-bond acceptors (Lipinski definition) is 5. The second kappa shape index (κ2) is 12.8. The number of methoxy groups -OCH3 is 1. The van der Waals surface area contributed by atoms with E-state index in [1.165, 1.54) is 12.7 Å². The van der Waals surface area contributed by atoms with Gasteiger partial charge in [-0.05, 0) is 62.0 Å². The van der Waals surface area contributed by atoms with Crippen molar-refractivity contribution in [1.82, 2.24) is 20.4 Å². The summed E-state index contributed by atoms with van der Waals surface area (Å²) in [6, 6.07) is 6.79. The average molecular weight is 567 g/mol. The number of nitrogens with one attached hydrogen (secondary N) is 2. The standard InChI is InChI=1S/C32H46N4O5/c1-4-20(2)29(37)34-27(22-12-6-5-7-13-22)31(39)35-18-17-26-28(35)24(19-36(26)32(40)41-3)30(38)33-25-16-10-14-21-11-8-9-15-23(21)25/h8-9,11,15,20,22,24-28H,4-7,10,12-14,16-19H2,1-3H3,(H,33,38)(H,34,37)/t20-,24+,25-,26-,27+,28-/m1/s1. The summed E-state index contributed by atoms with van der Waals surface area (Å²) < 4.78 is 5.09. The summed E-state index contributed by atoms with van der Waals surface area (Å²) in [5.41, 5.74) is 2.41. The third-order valence-electron chi connectivity index (χ3n) is 10.1. The molecule has 1 saturated carbocycles. The van der Waals surface area contributed by atoms with E-state index in [0.29, 0.717) is 19.4 Å². The van der Waals surface area contributed by atoms with Gasteiger partial charge in [0.05, 0.1) is 31.2 Å². The minimum atomic E-state index is -0.614. The van der Waals surface area contributed by atoms with Crippen LogP contribution in [0.2, 0.25) is 0 Å². The Morgan fingerprint density at radius 3 is 2.49 bits per heavy atom. The van der Waals surface area contributed by atoms with Crippen molar-refractivity contribution in [2.75, 3.05) is 20.2 Å². The van der Waals surface area contributed by atoms with Crippen LogP contribution in [0.3, 0.4) is 0 Å². The first-order valence-corrected chi connectivity index (χ1v) is 15.7. The fourth-order valence-electron chi connectivity index (χ4n) is 7.59. The topological polar surface area (TPSA) is 108 Å². The van der Waals surface area contributed by atoms with Crippen molar-refractivity contribution in [2.24, 2.45) is 17.8 Å². The van der Waals surface area contributed by atoms with Crippen LogP contribution in [-0.4, -0.2) is 71.9 Å². The molecular weight excluding hydrogens is 520 g/mol. The summed E-state index contributed by atoms with van der Waals surface area (Å²) in [6.45, 7) is 4.51. The minimum Gasteiger partial charge on any atom is -0.453 e. The lowest BCUT2D eigenvalue weighted by Crippen LogP contribution is -2.57. The Hall–Kier alpha value is -3.10. The van der Waals surface area contributed by atoms with E-state index < -0.39 is 24.1 Å². The lowest BCUT2D eigenvalue weighted by molar-refractivity contribution is -0.141. The maximum atomic E-state index is 14.3. The molecule has 1 aromatic rings. The van der Waals surface area contributed by atoms with E-state index in [9.17, 15) is 19.2 Å². The van der Waals surface area contributed by atoms with Crippen LogP contribution in [-0.2, 0) is 25.5 Å². The molecule has 0 spiro atoms. The van der Waals surface area contributed by atoms with Crippen LogP contribution in [0.5, 0.6) is 0 Å². The predicted octanol–water partition coefficient (Wildman–Crippen LogP) is 3.96. The molecule has 41 heavy (non-hydrogen) atoms. The molecule has 9 heteroatoms. The third-order valence-corrected chi connectivity index (χ3v) is 10.1. The van der Waals surface area contributed by atoms with Crippen LogP contribution in [0.15, 0.2) is 24.3 Å². The smallest absolute Gasteiger partial charge is 0.409 e. The van der Waals surface area contributed by atoms with E-state index in [4.69, 9.17) is 4.74 Å². The van der Waals surface area contributed by atoms with Gasteiger partial charge in [0.15, 0.2) is 0 Å². The van der Waals surface area contributed by atoms with Crippen LogP contribution in [0.1, 0.15) is 88.8 Å². The lowest BCUT2D eigenvalue weighted by atomic mass is 9.82. The lowest BCUT2D eigenvalue weighted by Gasteiger charge is -2.36. The van der Waals surface area contributed by atoms with Crippen molar-refractivity contribution in [3.8, 4) is 0 Å². The number of carbonyl (C=O) groups excluding carboxylic acids is 4. The fourth-order valence-corrected chi connectivity index (χ4v) is 7.59. The second-order valence-electron chi connectivity index (χ2n) is 12.5. The van der Waals surface area contributed by atoms with E-state index >= 15 is 0 Å². The second-order valence-corrected chi connectivity index (χ2v) is 12.5. The molecule has 5 rings (SSSR count). The van der Waals surface area contributed by atoms with Crippen molar-refractivity contribution in [3.63, 3.8) is 0 Å². The summed E-state index contributed by atoms with van der Waals surface area (Å²) in [4.78, 5) is 57.6. The van der Waals surface area contributed by atoms with Gasteiger partial charge >= 0.3 is 6.09 Å². The molecule has 2 aliphatic carbocycles. The third kappa shape index (κ3) is 5.95.